The lowest BCUT2D eigenvalue weighted by molar-refractivity contribution is 0.141. The van der Waals surface area contributed by atoms with Crippen molar-refractivity contribution in [1.29, 1.82) is 0 Å². The molecule has 1 aromatic rings. The Bertz CT molecular complexity index is 498. The van der Waals surface area contributed by atoms with Gasteiger partial charge in [-0.25, -0.2) is 0 Å². The average molecular weight is 374 g/mol. The van der Waals surface area contributed by atoms with E-state index in [9.17, 15) is 0 Å². The standard InChI is InChI=1S/C17H26BrClN2/c1-11(14-7-6-12(18)8-15(14)19)20-13-9-16(2,3)21-17(4,5)10-13/h6-8,11,13,20-21H,9-10H2,1-5H3. The Hall–Kier alpha value is -0.0900. The Balaban J connectivity index is 2.10. The maximum absolute atomic E-state index is 6.37. The fourth-order valence-electron chi connectivity index (χ4n) is 3.74. The van der Waals surface area contributed by atoms with Gasteiger partial charge in [-0.05, 0) is 65.2 Å². The molecule has 2 N–H and O–H groups in total. The summed E-state index contributed by atoms with van der Waals surface area (Å²) in [5.74, 6) is 0. The van der Waals surface area contributed by atoms with E-state index in [0.29, 0.717) is 6.04 Å². The first-order chi connectivity index (χ1) is 9.58. The zero-order chi connectivity index (χ0) is 15.8. The number of rotatable bonds is 3. The predicted octanol–water partition coefficient (Wildman–Crippen LogP) is 5.06. The molecule has 21 heavy (non-hydrogen) atoms. The molecular formula is C17H26BrClN2. The summed E-state index contributed by atoms with van der Waals surface area (Å²) < 4.78 is 1.02. The Morgan fingerprint density at radius 1 is 1.24 bits per heavy atom. The highest BCUT2D eigenvalue weighted by Gasteiger charge is 2.37. The first-order valence-electron chi connectivity index (χ1n) is 7.58. The summed E-state index contributed by atoms with van der Waals surface area (Å²) >= 11 is 9.83. The molecule has 0 spiro atoms. The van der Waals surface area contributed by atoms with Gasteiger partial charge in [0.2, 0.25) is 0 Å². The van der Waals surface area contributed by atoms with Gasteiger partial charge in [0, 0.05) is 32.7 Å². The molecule has 1 aromatic carbocycles. The molecule has 2 rings (SSSR count). The van der Waals surface area contributed by atoms with Crippen LogP contribution in [0.25, 0.3) is 0 Å². The van der Waals surface area contributed by atoms with Gasteiger partial charge >= 0.3 is 0 Å². The molecule has 0 amide bonds. The Labute approximate surface area is 142 Å². The molecule has 1 fully saturated rings. The van der Waals surface area contributed by atoms with E-state index in [1.54, 1.807) is 0 Å². The van der Waals surface area contributed by atoms with Crippen molar-refractivity contribution in [2.45, 2.75) is 70.6 Å². The van der Waals surface area contributed by atoms with E-state index in [1.807, 2.05) is 6.07 Å². The van der Waals surface area contributed by atoms with Crippen LogP contribution in [-0.4, -0.2) is 17.1 Å². The first-order valence-corrected chi connectivity index (χ1v) is 8.75. The van der Waals surface area contributed by atoms with Gasteiger partial charge in [0.15, 0.2) is 0 Å². The van der Waals surface area contributed by atoms with E-state index in [1.165, 1.54) is 0 Å². The predicted molar refractivity (Wildman–Crippen MR) is 95.0 cm³/mol. The molecule has 2 nitrogen and oxygen atoms in total. The topological polar surface area (TPSA) is 24.1 Å². The van der Waals surface area contributed by atoms with Crippen molar-refractivity contribution < 1.29 is 0 Å². The Morgan fingerprint density at radius 2 is 1.81 bits per heavy atom. The van der Waals surface area contributed by atoms with Gasteiger partial charge in [-0.3, -0.25) is 0 Å². The number of benzene rings is 1. The quantitative estimate of drug-likeness (QED) is 0.773. The van der Waals surface area contributed by atoms with Crippen molar-refractivity contribution in [1.82, 2.24) is 10.6 Å². The summed E-state index contributed by atoms with van der Waals surface area (Å²) in [4.78, 5) is 0. The summed E-state index contributed by atoms with van der Waals surface area (Å²) in [7, 11) is 0. The van der Waals surface area contributed by atoms with Gasteiger partial charge in [0.25, 0.3) is 0 Å². The van der Waals surface area contributed by atoms with Gasteiger partial charge in [0.05, 0.1) is 0 Å². The summed E-state index contributed by atoms with van der Waals surface area (Å²) in [6.45, 7) is 11.3. The molecule has 0 aromatic heterocycles. The van der Waals surface area contributed by atoms with Gasteiger partial charge < -0.3 is 10.6 Å². The fourth-order valence-corrected chi connectivity index (χ4v) is 4.57. The number of hydrogen-bond acceptors (Lipinski definition) is 2. The monoisotopic (exact) mass is 372 g/mol. The molecule has 0 saturated carbocycles. The molecular weight excluding hydrogens is 348 g/mol. The van der Waals surface area contributed by atoms with E-state index in [-0.39, 0.29) is 17.1 Å². The molecule has 0 bridgehead atoms. The third-order valence-electron chi connectivity index (χ3n) is 4.10. The van der Waals surface area contributed by atoms with Gasteiger partial charge in [0.1, 0.15) is 0 Å². The molecule has 0 aliphatic carbocycles. The molecule has 1 unspecified atom stereocenters. The third kappa shape index (κ3) is 4.69. The second-order valence-corrected chi connectivity index (χ2v) is 8.88. The second kappa shape index (κ2) is 6.19. The van der Waals surface area contributed by atoms with Crippen LogP contribution in [-0.2, 0) is 0 Å². The van der Waals surface area contributed by atoms with Crippen LogP contribution in [0.3, 0.4) is 0 Å². The lowest BCUT2D eigenvalue weighted by Gasteiger charge is -2.47. The number of piperidine rings is 1. The highest BCUT2D eigenvalue weighted by Crippen LogP contribution is 2.32. The minimum atomic E-state index is 0.155. The maximum Gasteiger partial charge on any atom is 0.0464 e. The van der Waals surface area contributed by atoms with E-state index >= 15 is 0 Å². The SMILES string of the molecule is CC(NC1CC(C)(C)NC(C)(C)C1)c1ccc(Br)cc1Cl. The van der Waals surface area contributed by atoms with Crippen molar-refractivity contribution in [2.24, 2.45) is 0 Å². The largest absolute Gasteiger partial charge is 0.307 e. The summed E-state index contributed by atoms with van der Waals surface area (Å²) in [6.07, 6.45) is 2.24. The summed E-state index contributed by atoms with van der Waals surface area (Å²) in [5, 5.41) is 8.30. The highest BCUT2D eigenvalue weighted by atomic mass is 79.9. The van der Waals surface area contributed by atoms with Gasteiger partial charge in [-0.15, -0.1) is 0 Å². The summed E-state index contributed by atoms with van der Waals surface area (Å²) in [5.41, 5.74) is 1.47. The molecule has 1 heterocycles. The zero-order valence-electron chi connectivity index (χ0n) is 13.6. The molecule has 1 atom stereocenters. The fraction of sp³-hybridized carbons (Fsp3) is 0.647. The molecule has 0 radical (unpaired) electrons. The van der Waals surface area contributed by atoms with Crippen molar-refractivity contribution in [3.8, 4) is 0 Å². The van der Waals surface area contributed by atoms with Gasteiger partial charge in [-0.1, -0.05) is 33.6 Å². The van der Waals surface area contributed by atoms with Crippen molar-refractivity contribution in [3.63, 3.8) is 0 Å². The van der Waals surface area contributed by atoms with Crippen molar-refractivity contribution >= 4 is 27.5 Å². The highest BCUT2D eigenvalue weighted by molar-refractivity contribution is 9.10. The van der Waals surface area contributed by atoms with E-state index in [0.717, 1.165) is 27.9 Å². The zero-order valence-corrected chi connectivity index (χ0v) is 15.9. The van der Waals surface area contributed by atoms with Crippen LogP contribution in [0.15, 0.2) is 22.7 Å². The lowest BCUT2D eigenvalue weighted by atomic mass is 9.79. The van der Waals surface area contributed by atoms with Crippen LogP contribution < -0.4 is 10.6 Å². The van der Waals surface area contributed by atoms with Crippen LogP contribution in [0.2, 0.25) is 5.02 Å². The number of halogens is 2. The van der Waals surface area contributed by atoms with E-state index < -0.39 is 0 Å². The third-order valence-corrected chi connectivity index (χ3v) is 4.93. The minimum Gasteiger partial charge on any atom is -0.307 e. The summed E-state index contributed by atoms with van der Waals surface area (Å²) in [6, 6.07) is 6.86. The molecule has 1 aliphatic rings. The van der Waals surface area contributed by atoms with Crippen LogP contribution in [0.5, 0.6) is 0 Å². The smallest absolute Gasteiger partial charge is 0.0464 e. The number of hydrogen-bond donors (Lipinski definition) is 2. The molecule has 1 saturated heterocycles. The van der Waals surface area contributed by atoms with Crippen LogP contribution in [0.4, 0.5) is 0 Å². The Kier molecular flexibility index (Phi) is 5.09. The van der Waals surface area contributed by atoms with Crippen LogP contribution in [0.1, 0.15) is 59.1 Å². The van der Waals surface area contributed by atoms with Crippen LogP contribution >= 0.6 is 27.5 Å². The molecule has 4 heteroatoms. The van der Waals surface area contributed by atoms with Crippen LogP contribution in [0, 0.1) is 0 Å². The maximum atomic E-state index is 6.37. The van der Waals surface area contributed by atoms with E-state index in [4.69, 9.17) is 11.6 Å². The number of nitrogens with one attached hydrogen (secondary N) is 2. The van der Waals surface area contributed by atoms with Crippen molar-refractivity contribution in [3.05, 3.63) is 33.3 Å². The molecule has 118 valence electrons. The average Bonchev–Trinajstić information content (AvgIpc) is 2.23. The van der Waals surface area contributed by atoms with E-state index in [2.05, 4.69) is 73.3 Å². The second-order valence-electron chi connectivity index (χ2n) is 7.55. The Morgan fingerprint density at radius 3 is 2.33 bits per heavy atom. The lowest BCUT2D eigenvalue weighted by Crippen LogP contribution is -2.61. The molecule has 1 aliphatic heterocycles. The van der Waals surface area contributed by atoms with Gasteiger partial charge in [-0.2, -0.15) is 0 Å². The normalized spacial score (nSPS) is 23.0. The first kappa shape index (κ1) is 17.3. The van der Waals surface area contributed by atoms with Crippen molar-refractivity contribution in [2.75, 3.05) is 0 Å². The minimum absolute atomic E-state index is 0.155.